The first-order chi connectivity index (χ1) is 27.4. The highest BCUT2D eigenvalue weighted by atomic mass is 32.2. The minimum absolute atomic E-state index is 0.117. The van der Waals surface area contributed by atoms with Crippen LogP contribution < -0.4 is 0 Å². The fourth-order valence-electron chi connectivity index (χ4n) is 9.11. The lowest BCUT2D eigenvalue weighted by molar-refractivity contribution is -0.295. The number of cyclic esters (lactones) is 1. The van der Waals surface area contributed by atoms with Crippen molar-refractivity contribution in [3.63, 3.8) is 0 Å². The zero-order valence-corrected chi connectivity index (χ0v) is 36.5. The molecule has 5 rings (SSSR count). The molecule has 0 spiro atoms. The number of thioether (sulfide) groups is 1. The van der Waals surface area contributed by atoms with Crippen LogP contribution in [0, 0.1) is 23.7 Å². The van der Waals surface area contributed by atoms with Crippen molar-refractivity contribution in [1.29, 1.82) is 0 Å². The number of hydrogen-bond acceptors (Lipinski definition) is 15. The van der Waals surface area contributed by atoms with Crippen molar-refractivity contribution in [2.45, 2.75) is 140 Å². The highest BCUT2D eigenvalue weighted by molar-refractivity contribution is 7.99. The van der Waals surface area contributed by atoms with E-state index in [-0.39, 0.29) is 37.3 Å². The van der Waals surface area contributed by atoms with E-state index >= 15 is 0 Å². The lowest BCUT2D eigenvalue weighted by atomic mass is 9.73. The summed E-state index contributed by atoms with van der Waals surface area (Å²) in [6, 6.07) is 8.41. The molecule has 2 aromatic rings. The van der Waals surface area contributed by atoms with E-state index in [4.69, 9.17) is 23.7 Å². The van der Waals surface area contributed by atoms with Gasteiger partial charge in [0.1, 0.15) is 23.9 Å². The number of likely N-dealkylation sites (N-methyl/N-ethyl adjacent to an activating group) is 1. The van der Waals surface area contributed by atoms with Crippen LogP contribution in [0.5, 0.6) is 0 Å². The summed E-state index contributed by atoms with van der Waals surface area (Å²) in [5.74, 6) is -4.51. The molecule has 0 saturated carbocycles. The summed E-state index contributed by atoms with van der Waals surface area (Å²) in [6.07, 6.45) is -3.66. The SMILES string of the molecule is CC[C@H]1OC(=O)[C@H](C)C(=O)[C@H](C)[C@@H](O[C@@H]2O[C@H](C)C[C@H](N(C)C)[C@H]2O)[C@](C)(OC)C[C@@H](C)C(=O)[C@H](C)[C@H]2N(CCCSc3nnnn3-c3ccccc3)C(=O)O[C@]12C. The molecule has 16 nitrogen and oxygen atoms in total. The number of tetrazole rings is 1. The van der Waals surface area contributed by atoms with E-state index in [1.54, 1.807) is 44.2 Å². The number of fused-ring (bicyclic) bond motifs is 1. The standard InChI is InChI=1S/C41H62N6O10S/c1-12-30-41(8)34(46(39(52)57-41)19-16-20-58-38-42-43-44-47(38)28-17-14-13-15-18-28)25(4)31(48)23(2)22-40(7,53-11)35(26(5)32(49)27(6)36(51)55-30)56-37-33(50)29(45(9)10)21-24(3)54-37/h13-15,17-18,23-27,29-30,33-35,37,50H,12,16,19-22H2,1-11H3/t23-,24-,25+,26+,27-,29+,30-,33-,34-,35-,37+,40-,41-/m1/s1. The number of ether oxygens (including phenoxy) is 5. The molecule has 1 amide bonds. The second-order valence-electron chi connectivity index (χ2n) is 16.8. The molecular weight excluding hydrogens is 769 g/mol. The summed E-state index contributed by atoms with van der Waals surface area (Å²) in [5, 5.41) is 24.2. The van der Waals surface area contributed by atoms with Gasteiger partial charge in [-0.2, -0.15) is 4.68 Å². The molecule has 17 heteroatoms. The number of aromatic nitrogens is 4. The van der Waals surface area contributed by atoms with Gasteiger partial charge in [-0.15, -0.1) is 5.10 Å². The van der Waals surface area contributed by atoms with Gasteiger partial charge in [-0.3, -0.25) is 14.4 Å². The van der Waals surface area contributed by atoms with Crippen LogP contribution in [0.4, 0.5) is 4.79 Å². The van der Waals surface area contributed by atoms with Crippen LogP contribution in [0.1, 0.15) is 81.1 Å². The predicted octanol–water partition coefficient (Wildman–Crippen LogP) is 4.35. The Hall–Kier alpha value is -3.48. The van der Waals surface area contributed by atoms with Crippen LogP contribution in [0.15, 0.2) is 35.5 Å². The molecule has 1 aromatic carbocycles. The summed E-state index contributed by atoms with van der Waals surface area (Å²) in [5.41, 5.74) is -1.89. The van der Waals surface area contributed by atoms with Crippen molar-refractivity contribution < 1.29 is 48.0 Å². The Balaban J connectivity index is 1.45. The number of ketones is 2. The molecule has 13 atom stereocenters. The van der Waals surface area contributed by atoms with E-state index in [9.17, 15) is 24.3 Å². The molecule has 0 unspecified atom stereocenters. The zero-order valence-electron chi connectivity index (χ0n) is 35.7. The van der Waals surface area contributed by atoms with Crippen LogP contribution in [0.25, 0.3) is 5.69 Å². The molecule has 0 aliphatic carbocycles. The van der Waals surface area contributed by atoms with Gasteiger partial charge >= 0.3 is 12.1 Å². The van der Waals surface area contributed by atoms with Crippen LogP contribution in [0.2, 0.25) is 0 Å². The minimum atomic E-state index is -1.43. The monoisotopic (exact) mass is 830 g/mol. The zero-order chi connectivity index (χ0) is 42.7. The van der Waals surface area contributed by atoms with Gasteiger partial charge in [0.05, 0.1) is 29.5 Å². The number of rotatable bonds is 11. The summed E-state index contributed by atoms with van der Waals surface area (Å²) in [7, 11) is 5.23. The number of methoxy groups -OCH3 is 1. The van der Waals surface area contributed by atoms with Crippen LogP contribution in [-0.4, -0.2) is 146 Å². The van der Waals surface area contributed by atoms with Crippen molar-refractivity contribution in [3.8, 4) is 5.69 Å². The number of carbonyl (C=O) groups excluding carboxylic acids is 4. The quantitative estimate of drug-likeness (QED) is 0.146. The lowest BCUT2D eigenvalue weighted by Crippen LogP contribution is -2.60. The number of aliphatic hydroxyl groups is 1. The van der Waals surface area contributed by atoms with Gasteiger partial charge in [-0.25, -0.2) is 4.79 Å². The fourth-order valence-corrected chi connectivity index (χ4v) is 9.92. The number of para-hydroxylation sites is 1. The Morgan fingerprint density at radius 3 is 2.34 bits per heavy atom. The van der Waals surface area contributed by atoms with E-state index in [2.05, 4.69) is 15.5 Å². The Labute approximate surface area is 346 Å². The third-order valence-corrected chi connectivity index (χ3v) is 13.4. The molecule has 3 aliphatic heterocycles. The lowest BCUT2D eigenvalue weighted by Gasteiger charge is -2.47. The summed E-state index contributed by atoms with van der Waals surface area (Å²) >= 11 is 1.44. The molecule has 3 fully saturated rings. The van der Waals surface area contributed by atoms with Crippen LogP contribution in [0.3, 0.4) is 0 Å². The normalized spacial score (nSPS) is 36.7. The highest BCUT2D eigenvalue weighted by Crippen LogP contribution is 2.43. The maximum atomic E-state index is 14.7. The Bertz CT molecular complexity index is 1750. The maximum absolute atomic E-state index is 14.7. The van der Waals surface area contributed by atoms with Gasteiger partial charge in [0, 0.05) is 43.2 Å². The third kappa shape index (κ3) is 9.29. The Morgan fingerprint density at radius 1 is 1.02 bits per heavy atom. The number of benzene rings is 1. The molecule has 1 aromatic heterocycles. The van der Waals surface area contributed by atoms with Crippen molar-refractivity contribution in [1.82, 2.24) is 30.0 Å². The largest absolute Gasteiger partial charge is 0.458 e. The summed E-state index contributed by atoms with van der Waals surface area (Å²) < 4.78 is 32.8. The second kappa shape index (κ2) is 18.8. The molecule has 0 radical (unpaired) electrons. The van der Waals surface area contributed by atoms with E-state index in [1.165, 1.54) is 25.8 Å². The average molecular weight is 831 g/mol. The van der Waals surface area contributed by atoms with Crippen molar-refractivity contribution in [3.05, 3.63) is 30.3 Å². The third-order valence-electron chi connectivity index (χ3n) is 12.4. The van der Waals surface area contributed by atoms with Crippen molar-refractivity contribution in [2.24, 2.45) is 23.7 Å². The first kappa shape index (κ1) is 45.6. The number of hydrogen-bond donors (Lipinski definition) is 1. The topological polar surface area (TPSA) is 185 Å². The first-order valence-electron chi connectivity index (χ1n) is 20.3. The molecule has 4 heterocycles. The minimum Gasteiger partial charge on any atom is -0.458 e. The van der Waals surface area contributed by atoms with Gasteiger partial charge in [-0.1, -0.05) is 57.7 Å². The van der Waals surface area contributed by atoms with E-state index in [1.807, 2.05) is 63.2 Å². The maximum Gasteiger partial charge on any atom is 0.410 e. The van der Waals surface area contributed by atoms with E-state index in [0.29, 0.717) is 23.8 Å². The van der Waals surface area contributed by atoms with Crippen LogP contribution in [-0.2, 0) is 38.1 Å². The smallest absolute Gasteiger partial charge is 0.410 e. The van der Waals surface area contributed by atoms with Gasteiger partial charge in [0.2, 0.25) is 5.16 Å². The predicted molar refractivity (Wildman–Crippen MR) is 214 cm³/mol. The molecule has 0 bridgehead atoms. The number of amides is 1. The van der Waals surface area contributed by atoms with Crippen molar-refractivity contribution in [2.75, 3.05) is 33.5 Å². The Kier molecular flexibility index (Phi) is 14.8. The van der Waals surface area contributed by atoms with Gasteiger partial charge in [0.25, 0.3) is 0 Å². The van der Waals surface area contributed by atoms with Gasteiger partial charge in [0.15, 0.2) is 17.7 Å². The van der Waals surface area contributed by atoms with Gasteiger partial charge < -0.3 is 38.6 Å². The van der Waals surface area contributed by atoms with Crippen molar-refractivity contribution >= 4 is 35.4 Å². The van der Waals surface area contributed by atoms with E-state index in [0.717, 1.165) is 5.69 Å². The van der Waals surface area contributed by atoms with Crippen LogP contribution >= 0.6 is 11.8 Å². The molecule has 3 saturated heterocycles. The first-order valence-corrected chi connectivity index (χ1v) is 21.3. The second-order valence-corrected chi connectivity index (χ2v) is 17.9. The number of aliphatic hydroxyl groups excluding tert-OH is 1. The highest BCUT2D eigenvalue weighted by Gasteiger charge is 2.60. The molecular formula is C41H62N6O10S. The van der Waals surface area contributed by atoms with Gasteiger partial charge in [-0.05, 0) is 90.0 Å². The Morgan fingerprint density at radius 2 is 1.71 bits per heavy atom. The molecule has 3 aliphatic rings. The van der Waals surface area contributed by atoms with E-state index < -0.39 is 83.4 Å². The number of Topliss-reactive ketones (excluding diaryl/α,β-unsaturated/α-hetero) is 2. The molecule has 322 valence electrons. The number of carbonyl (C=O) groups is 4. The number of esters is 1. The average Bonchev–Trinajstić information content (AvgIpc) is 3.77. The number of nitrogens with zero attached hydrogens (tertiary/aromatic N) is 6. The molecule has 58 heavy (non-hydrogen) atoms. The summed E-state index contributed by atoms with van der Waals surface area (Å²) in [4.78, 5) is 60.3. The summed E-state index contributed by atoms with van der Waals surface area (Å²) in [6.45, 7) is 14.1. The fraction of sp³-hybridized carbons (Fsp3) is 0.732. The molecule has 1 N–H and O–H groups in total.